The quantitative estimate of drug-likeness (QED) is 0.716. The van der Waals surface area contributed by atoms with Crippen molar-refractivity contribution in [3.05, 3.63) is 0 Å². The van der Waals surface area contributed by atoms with Gasteiger partial charge in [-0.25, -0.2) is 0 Å². The fourth-order valence-electron chi connectivity index (χ4n) is 3.03. The minimum atomic E-state index is 0.585. The van der Waals surface area contributed by atoms with Crippen molar-refractivity contribution < 1.29 is 4.74 Å². The maximum absolute atomic E-state index is 5.83. The summed E-state index contributed by atoms with van der Waals surface area (Å²) in [5, 5.41) is 0. The van der Waals surface area contributed by atoms with E-state index in [1.54, 1.807) is 0 Å². The van der Waals surface area contributed by atoms with E-state index < -0.39 is 0 Å². The zero-order chi connectivity index (χ0) is 13.5. The van der Waals surface area contributed by atoms with E-state index in [9.17, 15) is 0 Å². The minimum absolute atomic E-state index is 0.585. The number of ether oxygens (including phenoxy) is 1. The molecule has 19 heavy (non-hydrogen) atoms. The normalized spacial score (nSPS) is 25.6. The Morgan fingerprint density at radius 1 is 0.947 bits per heavy atom. The molecule has 1 atom stereocenters. The highest BCUT2D eigenvalue weighted by Gasteiger charge is 2.22. The number of morpholine rings is 1. The molecule has 2 aliphatic rings. The first-order chi connectivity index (χ1) is 9.33. The predicted octanol–water partition coefficient (Wildman–Crippen LogP) is -0.326. The van der Waals surface area contributed by atoms with Crippen molar-refractivity contribution in [2.45, 2.75) is 19.4 Å². The molecular weight excluding hydrogens is 240 g/mol. The Labute approximate surface area is 117 Å². The monoisotopic (exact) mass is 270 g/mol. The van der Waals surface area contributed by atoms with E-state index in [0.717, 1.165) is 32.8 Å². The Bertz CT molecular complexity index is 234. The van der Waals surface area contributed by atoms with Gasteiger partial charge in [-0.05, 0) is 6.42 Å². The van der Waals surface area contributed by atoms with Gasteiger partial charge in [-0.2, -0.15) is 0 Å². The second-order valence-electron chi connectivity index (χ2n) is 5.63. The highest BCUT2D eigenvalue weighted by molar-refractivity contribution is 4.79. The summed E-state index contributed by atoms with van der Waals surface area (Å²) in [5.41, 5.74) is 5.83. The third kappa shape index (κ3) is 4.68. The van der Waals surface area contributed by atoms with Crippen LogP contribution in [0.5, 0.6) is 0 Å². The van der Waals surface area contributed by atoms with Crippen molar-refractivity contribution in [3.8, 4) is 0 Å². The third-order valence-electron chi connectivity index (χ3n) is 4.50. The first kappa shape index (κ1) is 15.2. The van der Waals surface area contributed by atoms with Crippen LogP contribution in [0.25, 0.3) is 0 Å². The standard InChI is InChI=1S/C14H30N4O/c1-2-14(13-15)18-7-5-16(6-8-18)3-4-17-9-11-19-12-10-17/h14H,2-13,15H2,1H3. The molecular formula is C14H30N4O. The van der Waals surface area contributed by atoms with E-state index in [1.165, 1.54) is 45.7 Å². The van der Waals surface area contributed by atoms with Gasteiger partial charge in [0.2, 0.25) is 0 Å². The fourth-order valence-corrected chi connectivity index (χ4v) is 3.03. The summed E-state index contributed by atoms with van der Waals surface area (Å²) in [5.74, 6) is 0. The predicted molar refractivity (Wildman–Crippen MR) is 78.4 cm³/mol. The van der Waals surface area contributed by atoms with Gasteiger partial charge in [0.1, 0.15) is 0 Å². The zero-order valence-corrected chi connectivity index (χ0v) is 12.4. The summed E-state index contributed by atoms with van der Waals surface area (Å²) in [6, 6.07) is 0.585. The molecule has 2 N–H and O–H groups in total. The van der Waals surface area contributed by atoms with E-state index in [-0.39, 0.29) is 0 Å². The molecule has 112 valence electrons. The van der Waals surface area contributed by atoms with Crippen LogP contribution < -0.4 is 5.73 Å². The number of rotatable bonds is 6. The molecule has 2 heterocycles. The molecule has 0 bridgehead atoms. The van der Waals surface area contributed by atoms with Crippen molar-refractivity contribution in [1.29, 1.82) is 0 Å². The average molecular weight is 270 g/mol. The van der Waals surface area contributed by atoms with Crippen LogP contribution in [-0.2, 0) is 4.74 Å². The lowest BCUT2D eigenvalue weighted by Gasteiger charge is -2.39. The van der Waals surface area contributed by atoms with E-state index in [2.05, 4.69) is 21.6 Å². The van der Waals surface area contributed by atoms with E-state index in [1.807, 2.05) is 0 Å². The van der Waals surface area contributed by atoms with Crippen LogP contribution in [0.15, 0.2) is 0 Å². The lowest BCUT2D eigenvalue weighted by molar-refractivity contribution is 0.0280. The Morgan fingerprint density at radius 2 is 1.53 bits per heavy atom. The van der Waals surface area contributed by atoms with E-state index >= 15 is 0 Å². The van der Waals surface area contributed by atoms with Crippen LogP contribution >= 0.6 is 0 Å². The maximum Gasteiger partial charge on any atom is 0.0594 e. The molecule has 5 nitrogen and oxygen atoms in total. The summed E-state index contributed by atoms with van der Waals surface area (Å²) in [6.45, 7) is 14.2. The number of hydrogen-bond donors (Lipinski definition) is 1. The van der Waals surface area contributed by atoms with Gasteiger partial charge in [0.25, 0.3) is 0 Å². The molecule has 0 spiro atoms. The number of hydrogen-bond acceptors (Lipinski definition) is 5. The molecule has 5 heteroatoms. The van der Waals surface area contributed by atoms with Crippen molar-refractivity contribution in [3.63, 3.8) is 0 Å². The maximum atomic E-state index is 5.83. The molecule has 2 fully saturated rings. The van der Waals surface area contributed by atoms with Crippen LogP contribution in [0.3, 0.4) is 0 Å². The van der Waals surface area contributed by atoms with Crippen molar-refractivity contribution in [2.75, 3.05) is 72.1 Å². The molecule has 2 saturated heterocycles. The molecule has 0 amide bonds. The van der Waals surface area contributed by atoms with Gasteiger partial charge in [-0.1, -0.05) is 6.92 Å². The molecule has 0 aromatic rings. The molecule has 2 aliphatic heterocycles. The number of nitrogens with two attached hydrogens (primary N) is 1. The van der Waals surface area contributed by atoms with Crippen LogP contribution in [0.1, 0.15) is 13.3 Å². The van der Waals surface area contributed by atoms with Crippen LogP contribution in [-0.4, -0.2) is 92.9 Å². The largest absolute Gasteiger partial charge is 0.379 e. The summed E-state index contributed by atoms with van der Waals surface area (Å²) in [4.78, 5) is 7.67. The molecule has 0 aliphatic carbocycles. The van der Waals surface area contributed by atoms with Crippen molar-refractivity contribution >= 4 is 0 Å². The van der Waals surface area contributed by atoms with E-state index in [0.29, 0.717) is 6.04 Å². The Kier molecular flexibility index (Phi) is 6.53. The summed E-state index contributed by atoms with van der Waals surface area (Å²) < 4.78 is 5.38. The second kappa shape index (κ2) is 8.17. The van der Waals surface area contributed by atoms with Gasteiger partial charge < -0.3 is 10.5 Å². The van der Waals surface area contributed by atoms with Crippen LogP contribution in [0, 0.1) is 0 Å². The number of piperazine rings is 1. The van der Waals surface area contributed by atoms with Gasteiger partial charge in [0.15, 0.2) is 0 Å². The van der Waals surface area contributed by atoms with Gasteiger partial charge in [-0.15, -0.1) is 0 Å². The summed E-state index contributed by atoms with van der Waals surface area (Å²) in [7, 11) is 0. The Morgan fingerprint density at radius 3 is 2.05 bits per heavy atom. The minimum Gasteiger partial charge on any atom is -0.379 e. The topological polar surface area (TPSA) is 45.0 Å². The Hall–Kier alpha value is -0.200. The van der Waals surface area contributed by atoms with Crippen molar-refractivity contribution in [1.82, 2.24) is 14.7 Å². The smallest absolute Gasteiger partial charge is 0.0594 e. The Balaban J connectivity index is 1.62. The molecule has 0 aromatic heterocycles. The molecule has 1 unspecified atom stereocenters. The lowest BCUT2D eigenvalue weighted by Crippen LogP contribution is -2.53. The van der Waals surface area contributed by atoms with Gasteiger partial charge in [-0.3, -0.25) is 14.7 Å². The summed E-state index contributed by atoms with van der Waals surface area (Å²) in [6.07, 6.45) is 1.17. The van der Waals surface area contributed by atoms with Crippen LogP contribution in [0.2, 0.25) is 0 Å². The third-order valence-corrected chi connectivity index (χ3v) is 4.50. The SMILES string of the molecule is CCC(CN)N1CCN(CCN2CCOCC2)CC1. The van der Waals surface area contributed by atoms with Gasteiger partial charge in [0.05, 0.1) is 13.2 Å². The fraction of sp³-hybridized carbons (Fsp3) is 1.00. The lowest BCUT2D eigenvalue weighted by atomic mass is 10.1. The van der Waals surface area contributed by atoms with Crippen molar-refractivity contribution in [2.24, 2.45) is 5.73 Å². The first-order valence-corrected chi connectivity index (χ1v) is 7.80. The highest BCUT2D eigenvalue weighted by atomic mass is 16.5. The average Bonchev–Trinajstić information content (AvgIpc) is 2.49. The first-order valence-electron chi connectivity index (χ1n) is 7.80. The van der Waals surface area contributed by atoms with Crippen LogP contribution in [0.4, 0.5) is 0 Å². The zero-order valence-electron chi connectivity index (χ0n) is 12.4. The summed E-state index contributed by atoms with van der Waals surface area (Å²) >= 11 is 0. The molecule has 0 aromatic carbocycles. The molecule has 0 saturated carbocycles. The van der Waals surface area contributed by atoms with Gasteiger partial charge >= 0.3 is 0 Å². The molecule has 2 rings (SSSR count). The highest BCUT2D eigenvalue weighted by Crippen LogP contribution is 2.08. The second-order valence-corrected chi connectivity index (χ2v) is 5.63. The number of nitrogens with zero attached hydrogens (tertiary/aromatic N) is 3. The van der Waals surface area contributed by atoms with E-state index in [4.69, 9.17) is 10.5 Å². The van der Waals surface area contributed by atoms with Gasteiger partial charge in [0, 0.05) is 64.9 Å². The molecule has 0 radical (unpaired) electrons.